The number of primary sulfonamides is 1. The van der Waals surface area contributed by atoms with Crippen LogP contribution in [0, 0.1) is 10.1 Å². The number of rotatable bonds is 6. The first-order chi connectivity index (χ1) is 11.9. The maximum absolute atomic E-state index is 11.4. The number of para-hydroxylation sites is 2. The van der Waals surface area contributed by atoms with Crippen molar-refractivity contribution < 1.29 is 18.1 Å². The van der Waals surface area contributed by atoms with E-state index in [1.807, 2.05) is 0 Å². The molecule has 2 aromatic carbocycles. The van der Waals surface area contributed by atoms with Crippen molar-refractivity contribution in [2.45, 2.75) is 11.3 Å². The second kappa shape index (κ2) is 6.69. The summed E-state index contributed by atoms with van der Waals surface area (Å²) in [6, 6.07) is 11.0. The number of sulfonamides is 1. The highest BCUT2D eigenvalue weighted by molar-refractivity contribution is 7.89. The number of ether oxygens (including phenoxy) is 1. The predicted octanol–water partition coefficient (Wildman–Crippen LogP) is 1.68. The van der Waals surface area contributed by atoms with Crippen molar-refractivity contribution in [2.24, 2.45) is 5.14 Å². The molecule has 1 aliphatic rings. The standard InChI is InChI=1S/C16H17N3O5S/c17-25(22,23)13-5-6-14-12(11-13)7-8-18(14)9-10-24-16-4-2-1-3-15(16)19(20)21/h1-6,11H,7-10H2,(H2,17,22,23). The van der Waals surface area contributed by atoms with Gasteiger partial charge in [0.1, 0.15) is 6.61 Å². The van der Waals surface area contributed by atoms with Crippen molar-refractivity contribution >= 4 is 21.4 Å². The van der Waals surface area contributed by atoms with Crippen molar-refractivity contribution in [3.05, 3.63) is 58.1 Å². The quantitative estimate of drug-likeness (QED) is 0.617. The zero-order valence-corrected chi connectivity index (χ0v) is 14.1. The lowest BCUT2D eigenvalue weighted by molar-refractivity contribution is -0.385. The highest BCUT2D eigenvalue weighted by atomic mass is 32.2. The molecule has 2 N–H and O–H groups in total. The van der Waals surface area contributed by atoms with Crippen LogP contribution in [0.2, 0.25) is 0 Å². The number of benzene rings is 2. The van der Waals surface area contributed by atoms with Gasteiger partial charge >= 0.3 is 5.69 Å². The van der Waals surface area contributed by atoms with Crippen molar-refractivity contribution in [3.8, 4) is 5.75 Å². The van der Waals surface area contributed by atoms with Crippen LogP contribution in [-0.4, -0.2) is 33.0 Å². The zero-order valence-electron chi connectivity index (χ0n) is 13.3. The highest BCUT2D eigenvalue weighted by Crippen LogP contribution is 2.30. The molecule has 3 rings (SSSR count). The fourth-order valence-electron chi connectivity index (χ4n) is 2.85. The molecule has 132 valence electrons. The van der Waals surface area contributed by atoms with E-state index in [9.17, 15) is 18.5 Å². The van der Waals surface area contributed by atoms with Gasteiger partial charge in [-0.1, -0.05) is 12.1 Å². The maximum atomic E-state index is 11.4. The van der Waals surface area contributed by atoms with E-state index in [-0.39, 0.29) is 22.9 Å². The smallest absolute Gasteiger partial charge is 0.310 e. The van der Waals surface area contributed by atoms with Crippen molar-refractivity contribution in [3.63, 3.8) is 0 Å². The number of nitro groups is 1. The summed E-state index contributed by atoms with van der Waals surface area (Å²) < 4.78 is 28.4. The fraction of sp³-hybridized carbons (Fsp3) is 0.250. The zero-order chi connectivity index (χ0) is 18.0. The van der Waals surface area contributed by atoms with Crippen LogP contribution in [0.3, 0.4) is 0 Å². The van der Waals surface area contributed by atoms with Crippen LogP contribution in [0.25, 0.3) is 0 Å². The first-order valence-corrected chi connectivity index (χ1v) is 9.18. The molecule has 1 aliphatic heterocycles. The second-order valence-electron chi connectivity index (χ2n) is 5.65. The van der Waals surface area contributed by atoms with Crippen LogP contribution >= 0.6 is 0 Å². The monoisotopic (exact) mass is 363 g/mol. The number of hydrogen-bond acceptors (Lipinski definition) is 6. The van der Waals surface area contributed by atoms with Gasteiger partial charge in [-0.2, -0.15) is 0 Å². The minimum absolute atomic E-state index is 0.0675. The summed E-state index contributed by atoms with van der Waals surface area (Å²) in [4.78, 5) is 12.7. The van der Waals surface area contributed by atoms with Gasteiger partial charge in [-0.3, -0.25) is 10.1 Å². The van der Waals surface area contributed by atoms with E-state index in [1.54, 1.807) is 30.3 Å². The third-order valence-corrected chi connectivity index (χ3v) is 4.96. The highest BCUT2D eigenvalue weighted by Gasteiger charge is 2.21. The van der Waals surface area contributed by atoms with E-state index in [1.165, 1.54) is 12.1 Å². The normalized spacial score (nSPS) is 13.6. The molecule has 0 fully saturated rings. The summed E-state index contributed by atoms with van der Waals surface area (Å²) in [5.41, 5.74) is 1.78. The number of nitro benzene ring substituents is 1. The first-order valence-electron chi connectivity index (χ1n) is 7.63. The Bertz CT molecular complexity index is 914. The Balaban J connectivity index is 1.67. The van der Waals surface area contributed by atoms with Gasteiger partial charge in [0.2, 0.25) is 10.0 Å². The molecule has 25 heavy (non-hydrogen) atoms. The lowest BCUT2D eigenvalue weighted by atomic mass is 10.2. The van der Waals surface area contributed by atoms with E-state index < -0.39 is 14.9 Å². The fourth-order valence-corrected chi connectivity index (χ4v) is 3.42. The van der Waals surface area contributed by atoms with Gasteiger partial charge in [-0.05, 0) is 36.2 Å². The largest absolute Gasteiger partial charge is 0.485 e. The van der Waals surface area contributed by atoms with Gasteiger partial charge in [-0.25, -0.2) is 13.6 Å². The Morgan fingerprint density at radius 1 is 1.24 bits per heavy atom. The van der Waals surface area contributed by atoms with Crippen LogP contribution in [-0.2, 0) is 16.4 Å². The maximum Gasteiger partial charge on any atom is 0.310 e. The molecule has 0 bridgehead atoms. The molecule has 0 saturated carbocycles. The third kappa shape index (κ3) is 3.72. The van der Waals surface area contributed by atoms with Gasteiger partial charge in [0, 0.05) is 18.3 Å². The van der Waals surface area contributed by atoms with E-state index in [2.05, 4.69) is 4.90 Å². The molecular weight excluding hydrogens is 346 g/mol. The van der Waals surface area contributed by atoms with Crippen LogP contribution in [0.1, 0.15) is 5.56 Å². The minimum Gasteiger partial charge on any atom is -0.485 e. The van der Waals surface area contributed by atoms with Gasteiger partial charge in [0.25, 0.3) is 0 Å². The third-order valence-electron chi connectivity index (χ3n) is 4.05. The predicted molar refractivity (Wildman–Crippen MR) is 92.3 cm³/mol. The Kier molecular flexibility index (Phi) is 4.60. The summed E-state index contributed by atoms with van der Waals surface area (Å²) in [6.45, 7) is 1.54. The molecule has 0 aromatic heterocycles. The summed E-state index contributed by atoms with van der Waals surface area (Å²) in [5.74, 6) is 0.233. The number of hydrogen-bond donors (Lipinski definition) is 1. The summed E-state index contributed by atoms with van der Waals surface area (Å²) in [5, 5.41) is 16.1. The van der Waals surface area contributed by atoms with E-state index in [0.717, 1.165) is 17.8 Å². The Hall–Kier alpha value is -2.65. The van der Waals surface area contributed by atoms with Crippen LogP contribution < -0.4 is 14.8 Å². The van der Waals surface area contributed by atoms with Crippen molar-refractivity contribution in [1.82, 2.24) is 0 Å². The average Bonchev–Trinajstić information content (AvgIpc) is 2.97. The molecule has 9 heteroatoms. The second-order valence-corrected chi connectivity index (χ2v) is 7.21. The Morgan fingerprint density at radius 3 is 2.72 bits per heavy atom. The molecule has 0 radical (unpaired) electrons. The average molecular weight is 363 g/mol. The van der Waals surface area contributed by atoms with Crippen LogP contribution in [0.5, 0.6) is 5.75 Å². The molecule has 0 unspecified atom stereocenters. The number of fused-ring (bicyclic) bond motifs is 1. The van der Waals surface area contributed by atoms with Gasteiger partial charge in [-0.15, -0.1) is 0 Å². The number of nitrogens with two attached hydrogens (primary N) is 1. The van der Waals surface area contributed by atoms with E-state index >= 15 is 0 Å². The molecule has 2 aromatic rings. The molecule has 0 atom stereocenters. The van der Waals surface area contributed by atoms with Crippen LogP contribution in [0.4, 0.5) is 11.4 Å². The Labute approximate surface area is 145 Å². The van der Waals surface area contributed by atoms with Gasteiger partial charge in [0.15, 0.2) is 5.75 Å². The van der Waals surface area contributed by atoms with Crippen LogP contribution in [0.15, 0.2) is 47.4 Å². The molecule has 0 spiro atoms. The number of nitrogens with zero attached hydrogens (tertiary/aromatic N) is 2. The topological polar surface area (TPSA) is 116 Å². The van der Waals surface area contributed by atoms with Crippen molar-refractivity contribution in [2.75, 3.05) is 24.6 Å². The SMILES string of the molecule is NS(=O)(=O)c1ccc2c(c1)CCN2CCOc1ccccc1[N+](=O)[O-]. The van der Waals surface area contributed by atoms with Gasteiger partial charge in [0.05, 0.1) is 16.4 Å². The molecular formula is C16H17N3O5S. The Morgan fingerprint density at radius 2 is 2.00 bits per heavy atom. The minimum atomic E-state index is -3.71. The van der Waals surface area contributed by atoms with Gasteiger partial charge < -0.3 is 9.64 Å². The van der Waals surface area contributed by atoms with E-state index in [4.69, 9.17) is 9.88 Å². The number of anilines is 1. The molecule has 0 amide bonds. The van der Waals surface area contributed by atoms with Crippen molar-refractivity contribution in [1.29, 1.82) is 0 Å². The first kappa shape index (κ1) is 17.2. The summed E-state index contributed by atoms with van der Waals surface area (Å²) >= 11 is 0. The van der Waals surface area contributed by atoms with E-state index in [0.29, 0.717) is 13.0 Å². The summed E-state index contributed by atoms with van der Waals surface area (Å²) in [6.07, 6.45) is 0.712. The molecule has 8 nitrogen and oxygen atoms in total. The molecule has 1 heterocycles. The lowest BCUT2D eigenvalue weighted by Crippen LogP contribution is -2.26. The lowest BCUT2D eigenvalue weighted by Gasteiger charge is -2.19. The molecule has 0 aliphatic carbocycles. The molecule has 0 saturated heterocycles. The summed E-state index contributed by atoms with van der Waals surface area (Å²) in [7, 11) is -3.71.